The number of piperazine rings is 1. The Morgan fingerprint density at radius 2 is 1.87 bits per heavy atom. The molecule has 1 fully saturated rings. The van der Waals surface area contributed by atoms with Crippen LogP contribution in [-0.2, 0) is 4.74 Å². The maximum Gasteiger partial charge on any atom is 0.0663 e. The molecule has 0 saturated carbocycles. The number of benzene rings is 1. The van der Waals surface area contributed by atoms with E-state index >= 15 is 0 Å². The van der Waals surface area contributed by atoms with Crippen molar-refractivity contribution in [2.45, 2.75) is 39.2 Å². The van der Waals surface area contributed by atoms with Gasteiger partial charge in [0.15, 0.2) is 0 Å². The van der Waals surface area contributed by atoms with Crippen molar-refractivity contribution >= 4 is 11.4 Å². The third-order valence-electron chi connectivity index (χ3n) is 4.75. The van der Waals surface area contributed by atoms with E-state index in [2.05, 4.69) is 61.1 Å². The first-order valence-corrected chi connectivity index (χ1v) is 8.88. The summed E-state index contributed by atoms with van der Waals surface area (Å²) in [5.74, 6) is 0.513. The van der Waals surface area contributed by atoms with Crippen molar-refractivity contribution in [1.82, 2.24) is 4.90 Å². The van der Waals surface area contributed by atoms with E-state index in [0.29, 0.717) is 12.0 Å². The number of hydrogen-bond acceptors (Lipinski definition) is 4. The van der Waals surface area contributed by atoms with Crippen LogP contribution >= 0.6 is 0 Å². The van der Waals surface area contributed by atoms with Gasteiger partial charge in [0, 0.05) is 50.7 Å². The summed E-state index contributed by atoms with van der Waals surface area (Å²) in [6.45, 7) is 11.9. The minimum Gasteiger partial charge on any atom is -0.383 e. The van der Waals surface area contributed by atoms with Crippen molar-refractivity contribution in [3.05, 3.63) is 23.8 Å². The van der Waals surface area contributed by atoms with Crippen molar-refractivity contribution in [1.29, 1.82) is 0 Å². The van der Waals surface area contributed by atoms with Crippen LogP contribution in [0.1, 0.15) is 38.7 Å². The van der Waals surface area contributed by atoms with E-state index in [4.69, 9.17) is 4.74 Å². The van der Waals surface area contributed by atoms with Gasteiger partial charge in [-0.25, -0.2) is 0 Å². The molecule has 2 rings (SSSR count). The molecule has 23 heavy (non-hydrogen) atoms. The predicted octanol–water partition coefficient (Wildman–Crippen LogP) is 3.40. The fraction of sp³-hybridized carbons (Fsp3) is 0.684. The van der Waals surface area contributed by atoms with Gasteiger partial charge in [0.2, 0.25) is 0 Å². The average Bonchev–Trinajstić information content (AvgIpc) is 2.54. The number of anilines is 2. The fourth-order valence-corrected chi connectivity index (χ4v) is 3.12. The van der Waals surface area contributed by atoms with E-state index in [-0.39, 0.29) is 0 Å². The molecule has 1 atom stereocenters. The minimum atomic E-state index is 0.361. The Hall–Kier alpha value is -1.26. The molecule has 4 heteroatoms. The molecule has 0 aliphatic carbocycles. The first kappa shape index (κ1) is 18.1. The largest absolute Gasteiger partial charge is 0.383 e. The summed E-state index contributed by atoms with van der Waals surface area (Å²) in [7, 11) is 3.97. The molecule has 0 amide bonds. The molecule has 4 nitrogen and oxygen atoms in total. The monoisotopic (exact) mass is 319 g/mol. The number of hydrogen-bond donors (Lipinski definition) is 1. The van der Waals surface area contributed by atoms with Crippen molar-refractivity contribution in [2.24, 2.45) is 0 Å². The summed E-state index contributed by atoms with van der Waals surface area (Å²) in [5, 5.41) is 3.71. The molecule has 1 unspecified atom stereocenters. The highest BCUT2D eigenvalue weighted by molar-refractivity contribution is 5.64. The average molecular weight is 319 g/mol. The molecule has 1 aliphatic rings. The van der Waals surface area contributed by atoms with Gasteiger partial charge in [0.05, 0.1) is 6.61 Å². The summed E-state index contributed by atoms with van der Waals surface area (Å²) < 4.78 is 5.35. The van der Waals surface area contributed by atoms with Crippen molar-refractivity contribution in [3.63, 3.8) is 0 Å². The van der Waals surface area contributed by atoms with Gasteiger partial charge in [0.1, 0.15) is 0 Å². The van der Waals surface area contributed by atoms with Crippen LogP contribution in [0.15, 0.2) is 18.2 Å². The highest BCUT2D eigenvalue weighted by Crippen LogP contribution is 2.30. The third kappa shape index (κ3) is 4.85. The van der Waals surface area contributed by atoms with Gasteiger partial charge in [-0.05, 0) is 37.1 Å². The molecule has 1 saturated heterocycles. The van der Waals surface area contributed by atoms with Gasteiger partial charge in [-0.3, -0.25) is 0 Å². The third-order valence-corrected chi connectivity index (χ3v) is 4.75. The number of ether oxygens (including phenoxy) is 1. The molecule has 1 N–H and O–H groups in total. The smallest absolute Gasteiger partial charge is 0.0663 e. The lowest BCUT2D eigenvalue weighted by Crippen LogP contribution is -2.44. The molecular weight excluding hydrogens is 286 g/mol. The van der Waals surface area contributed by atoms with Crippen LogP contribution in [0.4, 0.5) is 11.4 Å². The minimum absolute atomic E-state index is 0.361. The van der Waals surface area contributed by atoms with Crippen LogP contribution in [-0.4, -0.2) is 57.9 Å². The van der Waals surface area contributed by atoms with Crippen LogP contribution in [0.3, 0.4) is 0 Å². The Labute approximate surface area is 141 Å². The molecule has 1 aliphatic heterocycles. The lowest BCUT2D eigenvalue weighted by molar-refractivity contribution is 0.184. The van der Waals surface area contributed by atoms with E-state index in [1.807, 2.05) is 0 Å². The highest BCUT2D eigenvalue weighted by atomic mass is 16.5. The molecular formula is C19H33N3O. The summed E-state index contributed by atoms with van der Waals surface area (Å²) in [5.41, 5.74) is 3.98. The second-order valence-electron chi connectivity index (χ2n) is 6.92. The van der Waals surface area contributed by atoms with E-state index in [0.717, 1.165) is 39.2 Å². The van der Waals surface area contributed by atoms with Crippen LogP contribution in [0.25, 0.3) is 0 Å². The quantitative estimate of drug-likeness (QED) is 0.833. The Bertz CT molecular complexity index is 482. The lowest BCUT2D eigenvalue weighted by Gasteiger charge is -2.34. The van der Waals surface area contributed by atoms with Crippen LogP contribution in [0.2, 0.25) is 0 Å². The topological polar surface area (TPSA) is 27.7 Å². The van der Waals surface area contributed by atoms with E-state index < -0.39 is 0 Å². The van der Waals surface area contributed by atoms with Crippen LogP contribution in [0.5, 0.6) is 0 Å². The Kier molecular flexibility index (Phi) is 6.72. The number of nitrogens with one attached hydrogen (secondary N) is 1. The van der Waals surface area contributed by atoms with E-state index in [1.165, 1.54) is 16.9 Å². The number of methoxy groups -OCH3 is 1. The number of rotatable bonds is 7. The summed E-state index contributed by atoms with van der Waals surface area (Å²) >= 11 is 0. The summed E-state index contributed by atoms with van der Waals surface area (Å²) in [6.07, 6.45) is 1.06. The molecule has 1 aromatic rings. The zero-order valence-electron chi connectivity index (χ0n) is 15.4. The Morgan fingerprint density at radius 3 is 2.43 bits per heavy atom. The van der Waals surface area contributed by atoms with Crippen molar-refractivity contribution in [3.8, 4) is 0 Å². The molecule has 0 spiro atoms. The molecule has 130 valence electrons. The van der Waals surface area contributed by atoms with Crippen molar-refractivity contribution in [2.75, 3.05) is 57.2 Å². The van der Waals surface area contributed by atoms with Gasteiger partial charge in [-0.1, -0.05) is 26.8 Å². The highest BCUT2D eigenvalue weighted by Gasteiger charge is 2.17. The van der Waals surface area contributed by atoms with Gasteiger partial charge in [-0.2, -0.15) is 0 Å². The molecule has 0 bridgehead atoms. The van der Waals surface area contributed by atoms with Crippen molar-refractivity contribution < 1.29 is 4.74 Å². The zero-order valence-corrected chi connectivity index (χ0v) is 15.4. The molecule has 1 aromatic carbocycles. The first-order valence-electron chi connectivity index (χ1n) is 8.88. The Balaban J connectivity index is 2.21. The molecule has 0 aromatic heterocycles. The predicted molar refractivity (Wildman–Crippen MR) is 99.8 cm³/mol. The van der Waals surface area contributed by atoms with Gasteiger partial charge in [-0.15, -0.1) is 0 Å². The fourth-order valence-electron chi connectivity index (χ4n) is 3.12. The molecule has 0 radical (unpaired) electrons. The summed E-state index contributed by atoms with van der Waals surface area (Å²) in [4.78, 5) is 4.89. The van der Waals surface area contributed by atoms with Gasteiger partial charge in [0.25, 0.3) is 0 Å². The lowest BCUT2D eigenvalue weighted by atomic mass is 9.99. The van der Waals surface area contributed by atoms with E-state index in [1.54, 1.807) is 7.11 Å². The van der Waals surface area contributed by atoms with Crippen LogP contribution < -0.4 is 10.2 Å². The number of nitrogens with zero attached hydrogens (tertiary/aromatic N) is 2. The SMILES string of the molecule is CCC(COC)Nc1cc(N2CCN(C)CC2)ccc1C(C)C. The normalized spacial score (nSPS) is 17.6. The maximum atomic E-state index is 5.35. The Morgan fingerprint density at radius 1 is 1.17 bits per heavy atom. The van der Waals surface area contributed by atoms with E-state index in [9.17, 15) is 0 Å². The zero-order chi connectivity index (χ0) is 16.8. The summed E-state index contributed by atoms with van der Waals surface area (Å²) in [6, 6.07) is 7.27. The first-order chi connectivity index (χ1) is 11.0. The van der Waals surface area contributed by atoms with Crippen LogP contribution in [0, 0.1) is 0 Å². The van der Waals surface area contributed by atoms with Gasteiger partial charge < -0.3 is 19.9 Å². The standard InChI is InChI=1S/C19H33N3O/c1-6-16(14-23-5)20-19-13-17(7-8-18(19)15(2)3)22-11-9-21(4)10-12-22/h7-8,13,15-16,20H,6,9-12,14H2,1-5H3. The maximum absolute atomic E-state index is 5.35. The molecule has 1 heterocycles. The second-order valence-corrected chi connectivity index (χ2v) is 6.92. The van der Waals surface area contributed by atoms with Gasteiger partial charge >= 0.3 is 0 Å². The second kappa shape index (κ2) is 8.55. The number of likely N-dealkylation sites (N-methyl/N-ethyl adjacent to an activating group) is 1.